The van der Waals surface area contributed by atoms with E-state index in [9.17, 15) is 13.2 Å². The molecule has 3 rings (SSSR count). The number of sulfone groups is 1. The summed E-state index contributed by atoms with van der Waals surface area (Å²) in [6.07, 6.45) is 3.24. The molecule has 1 saturated heterocycles. The van der Waals surface area contributed by atoms with Gasteiger partial charge in [0, 0.05) is 13.1 Å². The average Bonchev–Trinajstić information content (AvgIpc) is 3.11. The number of likely N-dealkylation sites (N-methyl/N-ethyl adjacent to an activating group) is 1. The topological polar surface area (TPSA) is 63.7 Å². The number of hydrogen-bond donors (Lipinski definition) is 0. The van der Waals surface area contributed by atoms with E-state index in [1.54, 1.807) is 14.0 Å². The van der Waals surface area contributed by atoms with Gasteiger partial charge in [-0.2, -0.15) is 0 Å². The highest BCUT2D eigenvalue weighted by molar-refractivity contribution is 7.91. The number of fused-ring (bicyclic) bond motifs is 1. The third kappa shape index (κ3) is 3.52. The molecule has 0 saturated carbocycles. The minimum atomic E-state index is -3.00. The lowest BCUT2D eigenvalue weighted by Crippen LogP contribution is -2.44. The molecule has 126 valence electrons. The van der Waals surface area contributed by atoms with Gasteiger partial charge in [-0.25, -0.2) is 8.42 Å². The molecular formula is C17H23NO4S. The standard InChI is InChI=1S/C17H23NO4S/c1-12(17(19)18(2)15-8-9-23(20,21)11-15)22-16-7-6-13-4-3-5-14(13)10-16/h6-7,10,12,15H,3-5,8-9,11H2,1-2H3. The second-order valence-corrected chi connectivity index (χ2v) is 8.78. The molecule has 23 heavy (non-hydrogen) atoms. The van der Waals surface area contributed by atoms with Crippen LogP contribution in [0.25, 0.3) is 0 Å². The molecule has 5 nitrogen and oxygen atoms in total. The maximum atomic E-state index is 12.5. The van der Waals surface area contributed by atoms with E-state index in [-0.39, 0.29) is 23.5 Å². The van der Waals surface area contributed by atoms with Crippen LogP contribution in [0, 0.1) is 0 Å². The SMILES string of the molecule is CC(Oc1ccc2c(c1)CCC2)C(=O)N(C)C1CCS(=O)(=O)C1. The fourth-order valence-corrected chi connectivity index (χ4v) is 5.20. The average molecular weight is 337 g/mol. The molecule has 2 aliphatic rings. The van der Waals surface area contributed by atoms with E-state index in [1.807, 2.05) is 12.1 Å². The van der Waals surface area contributed by atoms with Crippen LogP contribution in [0.1, 0.15) is 30.9 Å². The minimum absolute atomic E-state index is 0.0564. The summed E-state index contributed by atoms with van der Waals surface area (Å²) in [6.45, 7) is 1.72. The van der Waals surface area contributed by atoms with E-state index in [0.717, 1.165) is 12.8 Å². The number of carbonyl (C=O) groups is 1. The molecule has 0 aromatic heterocycles. The van der Waals surface area contributed by atoms with E-state index in [0.29, 0.717) is 12.2 Å². The molecule has 2 unspecified atom stereocenters. The van der Waals surface area contributed by atoms with Gasteiger partial charge in [0.05, 0.1) is 11.5 Å². The van der Waals surface area contributed by atoms with Crippen LogP contribution in [-0.4, -0.2) is 49.9 Å². The Morgan fingerprint density at radius 1 is 1.30 bits per heavy atom. The summed E-state index contributed by atoms with van der Waals surface area (Å²) in [6, 6.07) is 5.76. The highest BCUT2D eigenvalue weighted by Gasteiger charge is 2.34. The van der Waals surface area contributed by atoms with Gasteiger partial charge in [-0.3, -0.25) is 4.79 Å². The molecule has 1 heterocycles. The Bertz CT molecular complexity index is 713. The Balaban J connectivity index is 1.63. The van der Waals surface area contributed by atoms with Gasteiger partial charge in [0.1, 0.15) is 5.75 Å². The van der Waals surface area contributed by atoms with Gasteiger partial charge < -0.3 is 9.64 Å². The van der Waals surface area contributed by atoms with Gasteiger partial charge in [0.15, 0.2) is 15.9 Å². The number of hydrogen-bond acceptors (Lipinski definition) is 4. The molecule has 1 aromatic rings. The number of amides is 1. The predicted molar refractivity (Wildman–Crippen MR) is 88.4 cm³/mol. The Morgan fingerprint density at radius 2 is 2.04 bits per heavy atom. The summed E-state index contributed by atoms with van der Waals surface area (Å²) < 4.78 is 28.9. The van der Waals surface area contributed by atoms with Crippen LogP contribution >= 0.6 is 0 Å². The maximum absolute atomic E-state index is 12.5. The number of aryl methyl sites for hydroxylation is 2. The minimum Gasteiger partial charge on any atom is -0.481 e. The Morgan fingerprint density at radius 3 is 2.74 bits per heavy atom. The van der Waals surface area contributed by atoms with Crippen LogP contribution in [0.5, 0.6) is 5.75 Å². The lowest BCUT2D eigenvalue weighted by molar-refractivity contribution is -0.138. The smallest absolute Gasteiger partial charge is 0.263 e. The monoisotopic (exact) mass is 337 g/mol. The van der Waals surface area contributed by atoms with E-state index in [2.05, 4.69) is 6.07 Å². The Kier molecular flexibility index (Phi) is 4.36. The molecule has 1 aliphatic carbocycles. The van der Waals surface area contributed by atoms with Gasteiger partial charge in [-0.15, -0.1) is 0 Å². The molecule has 1 aromatic carbocycles. The van der Waals surface area contributed by atoms with Gasteiger partial charge in [0.2, 0.25) is 0 Å². The number of benzene rings is 1. The lowest BCUT2D eigenvalue weighted by Gasteiger charge is -2.26. The van der Waals surface area contributed by atoms with Crippen molar-refractivity contribution in [2.75, 3.05) is 18.6 Å². The number of ether oxygens (including phenoxy) is 1. The zero-order valence-corrected chi connectivity index (χ0v) is 14.4. The van der Waals surface area contributed by atoms with Gasteiger partial charge in [0.25, 0.3) is 5.91 Å². The van der Waals surface area contributed by atoms with Crippen LogP contribution in [-0.2, 0) is 27.5 Å². The van der Waals surface area contributed by atoms with Crippen LogP contribution in [0.2, 0.25) is 0 Å². The summed E-state index contributed by atoms with van der Waals surface area (Å²) in [5.74, 6) is 0.752. The zero-order valence-electron chi connectivity index (χ0n) is 13.6. The van der Waals surface area contributed by atoms with Crippen LogP contribution in [0.4, 0.5) is 0 Å². The van der Waals surface area contributed by atoms with Crippen LogP contribution in [0.3, 0.4) is 0 Å². The summed E-state index contributed by atoms with van der Waals surface area (Å²) >= 11 is 0. The van der Waals surface area contributed by atoms with Crippen molar-refractivity contribution in [3.8, 4) is 5.75 Å². The molecular weight excluding hydrogens is 314 g/mol. The molecule has 1 amide bonds. The van der Waals surface area contributed by atoms with E-state index in [1.165, 1.54) is 22.4 Å². The maximum Gasteiger partial charge on any atom is 0.263 e. The third-order valence-corrected chi connectivity index (χ3v) is 6.58. The first-order valence-electron chi connectivity index (χ1n) is 8.11. The van der Waals surface area contributed by atoms with Gasteiger partial charge >= 0.3 is 0 Å². The summed E-state index contributed by atoms with van der Waals surface area (Å²) in [5.41, 5.74) is 2.67. The molecule has 0 bridgehead atoms. The van der Waals surface area contributed by atoms with Crippen molar-refractivity contribution in [3.63, 3.8) is 0 Å². The summed E-state index contributed by atoms with van der Waals surface area (Å²) in [5, 5.41) is 0. The molecule has 0 N–H and O–H groups in total. The number of rotatable bonds is 4. The quantitative estimate of drug-likeness (QED) is 0.837. The third-order valence-electron chi connectivity index (χ3n) is 4.83. The van der Waals surface area contributed by atoms with E-state index in [4.69, 9.17) is 4.74 Å². The van der Waals surface area contributed by atoms with Gasteiger partial charge in [-0.05, 0) is 55.9 Å². The van der Waals surface area contributed by atoms with Crippen LogP contribution < -0.4 is 4.74 Å². The highest BCUT2D eigenvalue weighted by Crippen LogP contribution is 2.27. The number of nitrogens with zero attached hydrogens (tertiary/aromatic N) is 1. The summed E-state index contributed by atoms with van der Waals surface area (Å²) in [7, 11) is -1.34. The summed E-state index contributed by atoms with van der Waals surface area (Å²) in [4.78, 5) is 14.0. The van der Waals surface area contributed by atoms with Crippen LogP contribution in [0.15, 0.2) is 18.2 Å². The molecule has 1 aliphatic heterocycles. The second kappa shape index (κ2) is 6.15. The van der Waals surface area contributed by atoms with Crippen molar-refractivity contribution in [2.45, 2.75) is 44.8 Å². The normalized spacial score (nSPS) is 23.3. The fourth-order valence-electron chi connectivity index (χ4n) is 3.42. The first-order valence-corrected chi connectivity index (χ1v) is 9.93. The molecule has 2 atom stereocenters. The first kappa shape index (κ1) is 16.3. The van der Waals surface area contributed by atoms with Crippen molar-refractivity contribution < 1.29 is 17.9 Å². The second-order valence-electron chi connectivity index (χ2n) is 6.55. The first-order chi connectivity index (χ1) is 10.9. The van der Waals surface area contributed by atoms with E-state index >= 15 is 0 Å². The zero-order chi connectivity index (χ0) is 16.6. The Hall–Kier alpha value is -1.56. The highest BCUT2D eigenvalue weighted by atomic mass is 32.2. The van der Waals surface area contributed by atoms with Crippen molar-refractivity contribution in [3.05, 3.63) is 29.3 Å². The largest absolute Gasteiger partial charge is 0.481 e. The van der Waals surface area contributed by atoms with E-state index < -0.39 is 15.9 Å². The molecule has 1 fully saturated rings. The van der Waals surface area contributed by atoms with Gasteiger partial charge in [-0.1, -0.05) is 6.07 Å². The Labute approximate surface area is 137 Å². The molecule has 6 heteroatoms. The molecule has 0 radical (unpaired) electrons. The van der Waals surface area contributed by atoms with Crippen molar-refractivity contribution in [1.29, 1.82) is 0 Å². The predicted octanol–water partition coefficient (Wildman–Crippen LogP) is 1.59. The lowest BCUT2D eigenvalue weighted by atomic mass is 10.1. The molecule has 0 spiro atoms. The van der Waals surface area contributed by atoms with Crippen molar-refractivity contribution >= 4 is 15.7 Å². The fraction of sp³-hybridized carbons (Fsp3) is 0.588. The van der Waals surface area contributed by atoms with Crippen molar-refractivity contribution in [2.24, 2.45) is 0 Å². The number of carbonyl (C=O) groups excluding carboxylic acids is 1. The van der Waals surface area contributed by atoms with Crippen molar-refractivity contribution in [1.82, 2.24) is 4.90 Å².